The van der Waals surface area contributed by atoms with Crippen molar-refractivity contribution in [1.82, 2.24) is 9.80 Å². The maximum atomic E-state index is 13.4. The van der Waals surface area contributed by atoms with Gasteiger partial charge in [-0.25, -0.2) is 0 Å². The van der Waals surface area contributed by atoms with Gasteiger partial charge in [0.25, 0.3) is 0 Å². The van der Waals surface area contributed by atoms with Gasteiger partial charge in [0.2, 0.25) is 5.91 Å². The smallest absolute Gasteiger partial charge is 0.243 e. The summed E-state index contributed by atoms with van der Waals surface area (Å²) in [6.07, 6.45) is 6.80. The maximum Gasteiger partial charge on any atom is 0.243 e. The first-order valence-electron chi connectivity index (χ1n) is 10.5. The Hall–Kier alpha value is -2.13. The fourth-order valence-corrected chi connectivity index (χ4v) is 5.10. The van der Waals surface area contributed by atoms with Gasteiger partial charge in [-0.05, 0) is 61.8 Å². The maximum absolute atomic E-state index is 13.4. The number of hydrogen-bond acceptors (Lipinski definition) is 2. The van der Waals surface area contributed by atoms with Gasteiger partial charge in [-0.15, -0.1) is 0 Å². The first-order valence-corrected chi connectivity index (χ1v) is 10.5. The Bertz CT molecular complexity index is 812. The van der Waals surface area contributed by atoms with Gasteiger partial charge in [-0.1, -0.05) is 54.6 Å². The van der Waals surface area contributed by atoms with E-state index >= 15 is 0 Å². The van der Waals surface area contributed by atoms with Crippen molar-refractivity contribution in [3.05, 3.63) is 60.2 Å². The van der Waals surface area contributed by atoms with Crippen LogP contribution in [0.1, 0.15) is 44.1 Å². The number of piperidine rings is 1. The van der Waals surface area contributed by atoms with Crippen LogP contribution in [0.4, 0.5) is 0 Å². The average Bonchev–Trinajstić information content (AvgIpc) is 3.48. The van der Waals surface area contributed by atoms with Crippen molar-refractivity contribution in [1.29, 1.82) is 0 Å². The van der Waals surface area contributed by atoms with Crippen LogP contribution >= 0.6 is 0 Å². The topological polar surface area (TPSA) is 23.6 Å². The van der Waals surface area contributed by atoms with E-state index < -0.39 is 0 Å². The molecule has 1 unspecified atom stereocenters. The summed E-state index contributed by atoms with van der Waals surface area (Å²) in [5.41, 5.74) is 3.60. The Morgan fingerprint density at radius 2 is 1.52 bits per heavy atom. The first-order chi connectivity index (χ1) is 13.3. The number of carbonyl (C=O) groups is 1. The molecule has 1 atom stereocenters. The van der Waals surface area contributed by atoms with Crippen molar-refractivity contribution >= 4 is 5.91 Å². The van der Waals surface area contributed by atoms with Gasteiger partial charge < -0.3 is 4.90 Å². The number of amides is 1. The standard InChI is InChI=1S/C24H28N2O/c27-23-24(15-5-17-26(23)22-12-13-22)14-4-16-25(24)18-19-8-10-21(11-9-19)20-6-2-1-3-7-20/h1-3,6-11,22H,4-5,12-18H2. The van der Waals surface area contributed by atoms with Gasteiger partial charge >= 0.3 is 0 Å². The van der Waals surface area contributed by atoms with Crippen LogP contribution in [-0.4, -0.2) is 40.4 Å². The molecule has 0 bridgehead atoms. The van der Waals surface area contributed by atoms with E-state index in [1.807, 2.05) is 0 Å². The molecule has 0 aromatic heterocycles. The van der Waals surface area contributed by atoms with Crippen LogP contribution in [0.3, 0.4) is 0 Å². The van der Waals surface area contributed by atoms with E-state index in [1.54, 1.807) is 0 Å². The Kier molecular flexibility index (Phi) is 4.28. The van der Waals surface area contributed by atoms with Gasteiger partial charge in [-0.3, -0.25) is 9.69 Å². The largest absolute Gasteiger partial charge is 0.338 e. The molecule has 2 heterocycles. The summed E-state index contributed by atoms with van der Waals surface area (Å²) in [7, 11) is 0. The van der Waals surface area contributed by atoms with Crippen molar-refractivity contribution in [2.24, 2.45) is 0 Å². The third kappa shape index (κ3) is 3.08. The molecule has 27 heavy (non-hydrogen) atoms. The van der Waals surface area contributed by atoms with E-state index in [-0.39, 0.29) is 5.54 Å². The van der Waals surface area contributed by atoms with E-state index in [1.165, 1.54) is 29.5 Å². The fourth-order valence-electron chi connectivity index (χ4n) is 5.10. The van der Waals surface area contributed by atoms with Crippen LogP contribution in [-0.2, 0) is 11.3 Å². The van der Waals surface area contributed by atoms with Crippen molar-refractivity contribution in [3.8, 4) is 11.1 Å². The molecule has 2 aromatic rings. The summed E-state index contributed by atoms with van der Waals surface area (Å²) in [6.45, 7) is 2.91. The Morgan fingerprint density at radius 1 is 0.852 bits per heavy atom. The summed E-state index contributed by atoms with van der Waals surface area (Å²) >= 11 is 0. The highest BCUT2D eigenvalue weighted by Gasteiger charge is 2.52. The summed E-state index contributed by atoms with van der Waals surface area (Å²) < 4.78 is 0. The molecule has 2 aromatic carbocycles. The molecular weight excluding hydrogens is 332 g/mol. The Balaban J connectivity index is 1.34. The number of hydrogen-bond donors (Lipinski definition) is 0. The molecule has 1 amide bonds. The second-order valence-electron chi connectivity index (χ2n) is 8.45. The van der Waals surface area contributed by atoms with Crippen LogP contribution < -0.4 is 0 Å². The number of rotatable bonds is 4. The van der Waals surface area contributed by atoms with Crippen molar-refractivity contribution < 1.29 is 4.79 Å². The highest BCUT2D eigenvalue weighted by molar-refractivity contribution is 5.88. The summed E-state index contributed by atoms with van der Waals surface area (Å²) in [5, 5.41) is 0. The van der Waals surface area contributed by atoms with Crippen LogP contribution in [0.5, 0.6) is 0 Å². The minimum atomic E-state index is -0.223. The molecule has 3 nitrogen and oxygen atoms in total. The lowest BCUT2D eigenvalue weighted by Crippen LogP contribution is -2.60. The molecule has 2 aliphatic heterocycles. The molecule has 0 radical (unpaired) electrons. The predicted molar refractivity (Wildman–Crippen MR) is 108 cm³/mol. The van der Waals surface area contributed by atoms with Crippen LogP contribution in [0, 0.1) is 0 Å². The lowest BCUT2D eigenvalue weighted by Gasteiger charge is -2.45. The van der Waals surface area contributed by atoms with E-state index in [0.29, 0.717) is 11.9 Å². The molecule has 140 valence electrons. The normalized spacial score (nSPS) is 26.1. The second-order valence-corrected chi connectivity index (χ2v) is 8.45. The molecule has 1 aliphatic carbocycles. The molecule has 1 saturated carbocycles. The molecule has 2 saturated heterocycles. The highest BCUT2D eigenvalue weighted by atomic mass is 16.2. The van der Waals surface area contributed by atoms with Crippen molar-refractivity contribution in [2.75, 3.05) is 13.1 Å². The number of likely N-dealkylation sites (tertiary alicyclic amines) is 2. The molecule has 3 fully saturated rings. The second kappa shape index (κ2) is 6.79. The third-order valence-corrected chi connectivity index (χ3v) is 6.69. The molecular formula is C24H28N2O. The first kappa shape index (κ1) is 17.0. The zero-order valence-corrected chi connectivity index (χ0v) is 15.9. The average molecular weight is 361 g/mol. The molecule has 0 N–H and O–H groups in total. The number of nitrogens with zero attached hydrogens (tertiary/aromatic N) is 2. The predicted octanol–water partition coefficient (Wildman–Crippen LogP) is 4.47. The minimum Gasteiger partial charge on any atom is -0.338 e. The fraction of sp³-hybridized carbons (Fsp3) is 0.458. The summed E-state index contributed by atoms with van der Waals surface area (Å²) in [4.78, 5) is 18.1. The van der Waals surface area contributed by atoms with Crippen LogP contribution in [0.15, 0.2) is 54.6 Å². The Morgan fingerprint density at radius 3 is 2.22 bits per heavy atom. The van der Waals surface area contributed by atoms with Gasteiger partial charge in [0, 0.05) is 19.1 Å². The SMILES string of the molecule is O=C1N(C2CC2)CCCC12CCCN2Cc1ccc(-c2ccccc2)cc1. The molecule has 3 aliphatic rings. The van der Waals surface area contributed by atoms with Crippen LogP contribution in [0.25, 0.3) is 11.1 Å². The lowest BCUT2D eigenvalue weighted by molar-refractivity contribution is -0.148. The molecule has 5 rings (SSSR count). The lowest BCUT2D eigenvalue weighted by atomic mass is 9.85. The van der Waals surface area contributed by atoms with Gasteiger partial charge in [0.15, 0.2) is 0 Å². The van der Waals surface area contributed by atoms with Crippen molar-refractivity contribution in [2.45, 2.75) is 56.7 Å². The minimum absolute atomic E-state index is 0.223. The van der Waals surface area contributed by atoms with E-state index in [9.17, 15) is 4.79 Å². The third-order valence-electron chi connectivity index (χ3n) is 6.69. The van der Waals surface area contributed by atoms with Gasteiger partial charge in [0.1, 0.15) is 5.54 Å². The van der Waals surface area contributed by atoms with Crippen LogP contribution in [0.2, 0.25) is 0 Å². The quantitative estimate of drug-likeness (QED) is 0.803. The monoisotopic (exact) mass is 360 g/mol. The zero-order valence-electron chi connectivity index (χ0n) is 15.9. The molecule has 1 spiro atoms. The number of carbonyl (C=O) groups excluding carboxylic acids is 1. The van der Waals surface area contributed by atoms with E-state index in [2.05, 4.69) is 64.4 Å². The summed E-state index contributed by atoms with van der Waals surface area (Å²) in [6, 6.07) is 20.0. The zero-order chi connectivity index (χ0) is 18.3. The van der Waals surface area contributed by atoms with Crippen molar-refractivity contribution in [3.63, 3.8) is 0 Å². The Labute approximate surface area is 162 Å². The highest BCUT2D eigenvalue weighted by Crippen LogP contribution is 2.42. The number of benzene rings is 2. The van der Waals surface area contributed by atoms with Gasteiger partial charge in [0.05, 0.1) is 0 Å². The van der Waals surface area contributed by atoms with E-state index in [4.69, 9.17) is 0 Å². The van der Waals surface area contributed by atoms with Gasteiger partial charge in [-0.2, -0.15) is 0 Å². The molecule has 3 heteroatoms. The summed E-state index contributed by atoms with van der Waals surface area (Å²) in [5.74, 6) is 0.426. The van der Waals surface area contributed by atoms with E-state index in [0.717, 1.165) is 45.3 Å².